The Hall–Kier alpha value is -2.30. The number of nitrogens with one attached hydrogen (secondary N) is 1. The van der Waals surface area contributed by atoms with Crippen LogP contribution in [-0.2, 0) is 19.1 Å². The van der Waals surface area contributed by atoms with Crippen LogP contribution in [0.5, 0.6) is 0 Å². The summed E-state index contributed by atoms with van der Waals surface area (Å²) >= 11 is 0. The average Bonchev–Trinajstić information content (AvgIpc) is 2.68. The Morgan fingerprint density at radius 2 is 2.10 bits per heavy atom. The molecule has 1 aromatic carbocycles. The smallest absolute Gasteiger partial charge is 0.332 e. The number of carbonyl (C=O) groups excluding carboxylic acids is 2. The number of carbonyl (C=O) groups is 2. The largest absolute Gasteiger partial charge is 0.469 e. The molecule has 106 valence electrons. The topological polar surface area (TPSA) is 64.6 Å². The van der Waals surface area contributed by atoms with Crippen molar-refractivity contribution < 1.29 is 19.1 Å². The van der Waals surface area contributed by atoms with Crippen LogP contribution in [0.25, 0.3) is 0 Å². The Balaban J connectivity index is 2.23. The molecule has 0 amide bonds. The summed E-state index contributed by atoms with van der Waals surface area (Å²) in [6.45, 7) is 1.90. The average molecular weight is 275 g/mol. The Labute approximate surface area is 117 Å². The zero-order valence-electron chi connectivity index (χ0n) is 11.5. The lowest BCUT2D eigenvalue weighted by Gasteiger charge is -2.21. The summed E-state index contributed by atoms with van der Waals surface area (Å²) in [5.74, 6) is -1.40. The number of methoxy groups -OCH3 is 1. The highest BCUT2D eigenvalue weighted by atomic mass is 16.5. The van der Waals surface area contributed by atoms with Gasteiger partial charge in [-0.25, -0.2) is 4.79 Å². The third-order valence-electron chi connectivity index (χ3n) is 3.23. The van der Waals surface area contributed by atoms with Crippen LogP contribution in [-0.4, -0.2) is 25.7 Å². The van der Waals surface area contributed by atoms with Crippen LogP contribution in [0.4, 0.5) is 0 Å². The molecule has 0 saturated heterocycles. The fraction of sp³-hybridized carbons (Fsp3) is 0.333. The van der Waals surface area contributed by atoms with Crippen molar-refractivity contribution in [1.82, 2.24) is 5.32 Å². The van der Waals surface area contributed by atoms with E-state index in [9.17, 15) is 9.59 Å². The molecule has 0 radical (unpaired) electrons. The maximum atomic E-state index is 11.6. The second kappa shape index (κ2) is 6.23. The lowest BCUT2D eigenvalue weighted by Crippen LogP contribution is -2.29. The minimum absolute atomic E-state index is 0.180. The minimum atomic E-state index is -0.545. The lowest BCUT2D eigenvalue weighted by molar-refractivity contribution is -0.143. The Bertz CT molecular complexity index is 524. The highest BCUT2D eigenvalue weighted by molar-refractivity contribution is 5.85. The van der Waals surface area contributed by atoms with E-state index in [0.29, 0.717) is 5.70 Å². The first kappa shape index (κ1) is 14.1. The number of cyclic esters (lactones) is 1. The highest BCUT2D eigenvalue weighted by Crippen LogP contribution is 2.21. The lowest BCUT2D eigenvalue weighted by atomic mass is 10.0. The van der Waals surface area contributed by atoms with Gasteiger partial charge in [0.15, 0.2) is 0 Å². The summed E-state index contributed by atoms with van der Waals surface area (Å²) in [5, 5.41) is 3.19. The van der Waals surface area contributed by atoms with E-state index in [0.717, 1.165) is 5.56 Å². The van der Waals surface area contributed by atoms with E-state index in [2.05, 4.69) is 5.32 Å². The van der Waals surface area contributed by atoms with Crippen LogP contribution in [0, 0.1) is 5.92 Å². The van der Waals surface area contributed by atoms with Gasteiger partial charge in [0.05, 0.1) is 19.1 Å². The number of hydrogen-bond acceptors (Lipinski definition) is 5. The van der Waals surface area contributed by atoms with E-state index in [-0.39, 0.29) is 12.6 Å². The molecule has 0 unspecified atom stereocenters. The summed E-state index contributed by atoms with van der Waals surface area (Å²) in [6, 6.07) is 9.45. The predicted molar refractivity (Wildman–Crippen MR) is 72.5 cm³/mol. The van der Waals surface area contributed by atoms with Crippen LogP contribution in [0.3, 0.4) is 0 Å². The molecule has 1 aliphatic rings. The van der Waals surface area contributed by atoms with Gasteiger partial charge in [-0.2, -0.15) is 0 Å². The second-order valence-corrected chi connectivity index (χ2v) is 4.58. The van der Waals surface area contributed by atoms with E-state index in [4.69, 9.17) is 9.47 Å². The van der Waals surface area contributed by atoms with Crippen molar-refractivity contribution in [2.45, 2.75) is 13.0 Å². The highest BCUT2D eigenvalue weighted by Gasteiger charge is 2.26. The number of rotatable bonds is 3. The van der Waals surface area contributed by atoms with Crippen molar-refractivity contribution in [1.29, 1.82) is 0 Å². The standard InChI is InChI=1S/C15H17NO4/c1-10(15(18)19-2)12-8-14(17)20-9-13(16-12)11-6-4-3-5-7-11/h3-8,10,13,16H,9H2,1-2H3/t10-,13+/m1/s1. The van der Waals surface area contributed by atoms with E-state index >= 15 is 0 Å². The van der Waals surface area contributed by atoms with Crippen LogP contribution in [0.1, 0.15) is 18.5 Å². The SMILES string of the molecule is COC(=O)[C@H](C)C1=CC(=O)OC[C@@H](c2ccccc2)N1. The molecular weight excluding hydrogens is 258 g/mol. The quantitative estimate of drug-likeness (QED) is 0.848. The summed E-state index contributed by atoms with van der Waals surface area (Å²) in [6.07, 6.45) is 1.31. The summed E-state index contributed by atoms with van der Waals surface area (Å²) in [7, 11) is 1.32. The van der Waals surface area contributed by atoms with E-state index in [1.54, 1.807) is 6.92 Å². The first-order valence-corrected chi connectivity index (χ1v) is 6.39. The summed E-state index contributed by atoms with van der Waals surface area (Å²) in [5.41, 5.74) is 1.50. The molecule has 2 rings (SSSR count). The third kappa shape index (κ3) is 3.17. The molecule has 5 nitrogen and oxygen atoms in total. The van der Waals surface area contributed by atoms with Crippen LogP contribution < -0.4 is 5.32 Å². The number of ether oxygens (including phenoxy) is 2. The van der Waals surface area contributed by atoms with Gasteiger partial charge in [-0.05, 0) is 12.5 Å². The number of esters is 2. The van der Waals surface area contributed by atoms with E-state index in [1.807, 2.05) is 30.3 Å². The minimum Gasteiger partial charge on any atom is -0.469 e. The number of benzene rings is 1. The van der Waals surface area contributed by atoms with Crippen molar-refractivity contribution in [3.8, 4) is 0 Å². The first-order valence-electron chi connectivity index (χ1n) is 6.39. The van der Waals surface area contributed by atoms with E-state index < -0.39 is 17.9 Å². The predicted octanol–water partition coefficient (Wildman–Crippen LogP) is 1.57. The molecule has 20 heavy (non-hydrogen) atoms. The third-order valence-corrected chi connectivity index (χ3v) is 3.23. The Morgan fingerprint density at radius 3 is 2.75 bits per heavy atom. The summed E-state index contributed by atoms with van der Waals surface area (Å²) < 4.78 is 9.84. The van der Waals surface area contributed by atoms with Gasteiger partial charge in [-0.3, -0.25) is 4.79 Å². The van der Waals surface area contributed by atoms with Crippen molar-refractivity contribution in [2.75, 3.05) is 13.7 Å². The first-order chi connectivity index (χ1) is 9.61. The zero-order valence-corrected chi connectivity index (χ0v) is 11.5. The second-order valence-electron chi connectivity index (χ2n) is 4.58. The van der Waals surface area contributed by atoms with E-state index in [1.165, 1.54) is 13.2 Å². The van der Waals surface area contributed by atoms with Crippen molar-refractivity contribution >= 4 is 11.9 Å². The van der Waals surface area contributed by atoms with Crippen LogP contribution >= 0.6 is 0 Å². The molecule has 0 bridgehead atoms. The fourth-order valence-electron chi connectivity index (χ4n) is 2.04. The van der Waals surface area contributed by atoms with Gasteiger partial charge in [-0.1, -0.05) is 30.3 Å². The fourth-order valence-corrected chi connectivity index (χ4v) is 2.04. The van der Waals surface area contributed by atoms with Gasteiger partial charge in [0.1, 0.15) is 6.61 Å². The van der Waals surface area contributed by atoms with Gasteiger partial charge in [0.25, 0.3) is 0 Å². The molecule has 0 aromatic heterocycles. The molecular formula is C15H17NO4. The monoisotopic (exact) mass is 275 g/mol. The molecule has 1 aromatic rings. The van der Waals surface area contributed by atoms with Gasteiger partial charge in [0, 0.05) is 11.8 Å². The normalized spacial score (nSPS) is 20.0. The molecule has 0 aliphatic carbocycles. The Kier molecular flexibility index (Phi) is 4.40. The molecule has 5 heteroatoms. The van der Waals surface area contributed by atoms with Crippen molar-refractivity contribution in [2.24, 2.45) is 5.92 Å². The maximum absolute atomic E-state index is 11.6. The van der Waals surface area contributed by atoms with Crippen molar-refractivity contribution in [3.63, 3.8) is 0 Å². The van der Waals surface area contributed by atoms with Crippen LogP contribution in [0.15, 0.2) is 42.1 Å². The maximum Gasteiger partial charge on any atom is 0.332 e. The molecule has 0 spiro atoms. The van der Waals surface area contributed by atoms with Crippen molar-refractivity contribution in [3.05, 3.63) is 47.7 Å². The van der Waals surface area contributed by atoms with Gasteiger partial charge in [0.2, 0.25) is 0 Å². The molecule has 1 aliphatic heterocycles. The zero-order chi connectivity index (χ0) is 14.5. The van der Waals surface area contributed by atoms with Gasteiger partial charge < -0.3 is 14.8 Å². The molecule has 2 atom stereocenters. The molecule has 0 saturated carbocycles. The van der Waals surface area contributed by atoms with Gasteiger partial charge in [-0.15, -0.1) is 0 Å². The number of hydrogen-bond donors (Lipinski definition) is 1. The Morgan fingerprint density at radius 1 is 1.40 bits per heavy atom. The molecule has 0 fully saturated rings. The molecule has 1 N–H and O–H groups in total. The van der Waals surface area contributed by atoms with Gasteiger partial charge >= 0.3 is 11.9 Å². The van der Waals surface area contributed by atoms with Crippen LogP contribution in [0.2, 0.25) is 0 Å². The molecule has 1 heterocycles. The summed E-state index contributed by atoms with van der Waals surface area (Å²) in [4.78, 5) is 23.2.